The van der Waals surface area contributed by atoms with Crippen molar-refractivity contribution in [1.29, 1.82) is 0 Å². The van der Waals surface area contributed by atoms with E-state index in [1.165, 1.54) is 0 Å². The van der Waals surface area contributed by atoms with Crippen molar-refractivity contribution in [1.82, 2.24) is 0 Å². The summed E-state index contributed by atoms with van der Waals surface area (Å²) in [5.74, 6) is 1.09. The molecular weight excluding hydrogens is 200 g/mol. The molecule has 0 aliphatic heterocycles. The summed E-state index contributed by atoms with van der Waals surface area (Å²) in [5.41, 5.74) is 1.17. The molecule has 2 nitrogen and oxygen atoms in total. The lowest BCUT2D eigenvalue weighted by molar-refractivity contribution is -0.120. The van der Waals surface area contributed by atoms with Crippen LogP contribution in [0.2, 0.25) is 0 Å². The fourth-order valence-electron chi connectivity index (χ4n) is 3.55. The first-order valence-corrected chi connectivity index (χ1v) is 6.18. The molecule has 0 heterocycles. The van der Waals surface area contributed by atoms with Gasteiger partial charge in [0, 0.05) is 12.3 Å². The first kappa shape index (κ1) is 11.6. The SMILES string of the molecule is C/C=C1/C(=O)CCC2(C)CC(C(C)=O)CC12. The van der Waals surface area contributed by atoms with Crippen molar-refractivity contribution in [3.05, 3.63) is 11.6 Å². The number of rotatable bonds is 1. The van der Waals surface area contributed by atoms with Crippen LogP contribution < -0.4 is 0 Å². The maximum atomic E-state index is 11.8. The number of ketones is 2. The van der Waals surface area contributed by atoms with Gasteiger partial charge in [0.2, 0.25) is 0 Å². The summed E-state index contributed by atoms with van der Waals surface area (Å²) in [4.78, 5) is 23.3. The van der Waals surface area contributed by atoms with Gasteiger partial charge in [0.1, 0.15) is 5.78 Å². The normalized spacial score (nSPS) is 41.2. The number of carbonyl (C=O) groups excluding carboxylic acids is 2. The highest BCUT2D eigenvalue weighted by molar-refractivity contribution is 5.97. The average molecular weight is 220 g/mol. The topological polar surface area (TPSA) is 34.1 Å². The highest BCUT2D eigenvalue weighted by atomic mass is 16.1. The molecule has 2 heteroatoms. The summed E-state index contributed by atoms with van der Waals surface area (Å²) in [7, 11) is 0. The van der Waals surface area contributed by atoms with Gasteiger partial charge in [0.15, 0.2) is 5.78 Å². The minimum absolute atomic E-state index is 0.177. The van der Waals surface area contributed by atoms with E-state index in [0.29, 0.717) is 23.9 Å². The van der Waals surface area contributed by atoms with Gasteiger partial charge in [-0.25, -0.2) is 0 Å². The van der Waals surface area contributed by atoms with Gasteiger partial charge in [-0.3, -0.25) is 9.59 Å². The fraction of sp³-hybridized carbons (Fsp3) is 0.714. The molecule has 0 aromatic rings. The quantitative estimate of drug-likeness (QED) is 0.637. The molecule has 0 bridgehead atoms. The van der Waals surface area contributed by atoms with E-state index in [0.717, 1.165) is 24.8 Å². The van der Waals surface area contributed by atoms with E-state index in [1.54, 1.807) is 6.92 Å². The summed E-state index contributed by atoms with van der Waals surface area (Å²) in [5, 5.41) is 0. The van der Waals surface area contributed by atoms with Crippen LogP contribution in [0.15, 0.2) is 11.6 Å². The van der Waals surface area contributed by atoms with Crippen molar-refractivity contribution in [2.45, 2.75) is 46.5 Å². The van der Waals surface area contributed by atoms with Crippen molar-refractivity contribution in [2.24, 2.45) is 17.3 Å². The number of Topliss-reactive ketones (excluding diaryl/α,β-unsaturated/α-hetero) is 2. The van der Waals surface area contributed by atoms with Crippen molar-refractivity contribution in [3.63, 3.8) is 0 Å². The minimum atomic E-state index is 0.177. The van der Waals surface area contributed by atoms with E-state index < -0.39 is 0 Å². The third-order valence-electron chi connectivity index (χ3n) is 4.58. The molecule has 16 heavy (non-hydrogen) atoms. The monoisotopic (exact) mass is 220 g/mol. The molecule has 0 aromatic carbocycles. The van der Waals surface area contributed by atoms with Gasteiger partial charge in [-0.05, 0) is 50.0 Å². The summed E-state index contributed by atoms with van der Waals surface area (Å²) < 4.78 is 0. The van der Waals surface area contributed by atoms with Crippen LogP contribution in [-0.4, -0.2) is 11.6 Å². The van der Waals surface area contributed by atoms with Crippen LogP contribution in [0.3, 0.4) is 0 Å². The van der Waals surface area contributed by atoms with Crippen LogP contribution in [0.4, 0.5) is 0 Å². The molecule has 2 fully saturated rings. The molecule has 0 saturated heterocycles. The van der Waals surface area contributed by atoms with Crippen LogP contribution in [0.1, 0.15) is 46.5 Å². The molecule has 0 spiro atoms. The molecule has 2 rings (SSSR count). The summed E-state index contributed by atoms with van der Waals surface area (Å²) in [6, 6.07) is 0. The first-order chi connectivity index (χ1) is 7.48. The zero-order valence-corrected chi connectivity index (χ0v) is 10.4. The third-order valence-corrected chi connectivity index (χ3v) is 4.58. The van der Waals surface area contributed by atoms with E-state index in [2.05, 4.69) is 6.92 Å². The Kier molecular flexibility index (Phi) is 2.77. The molecule has 0 radical (unpaired) electrons. The fourth-order valence-corrected chi connectivity index (χ4v) is 3.55. The number of hydrogen-bond donors (Lipinski definition) is 0. The Morgan fingerprint density at radius 1 is 1.50 bits per heavy atom. The van der Waals surface area contributed by atoms with Crippen molar-refractivity contribution in [2.75, 3.05) is 0 Å². The summed E-state index contributed by atoms with van der Waals surface area (Å²) >= 11 is 0. The van der Waals surface area contributed by atoms with Gasteiger partial charge in [0.05, 0.1) is 0 Å². The lowest BCUT2D eigenvalue weighted by Gasteiger charge is -2.37. The van der Waals surface area contributed by atoms with E-state index >= 15 is 0 Å². The van der Waals surface area contributed by atoms with Gasteiger partial charge < -0.3 is 0 Å². The Morgan fingerprint density at radius 2 is 2.19 bits per heavy atom. The summed E-state index contributed by atoms with van der Waals surface area (Å²) in [6.07, 6.45) is 5.44. The molecular formula is C14H20O2. The van der Waals surface area contributed by atoms with Gasteiger partial charge >= 0.3 is 0 Å². The van der Waals surface area contributed by atoms with E-state index in [9.17, 15) is 9.59 Å². The lowest BCUT2D eigenvalue weighted by atomic mass is 9.67. The first-order valence-electron chi connectivity index (χ1n) is 6.18. The van der Waals surface area contributed by atoms with Crippen molar-refractivity contribution in [3.8, 4) is 0 Å². The molecule has 2 aliphatic rings. The molecule has 88 valence electrons. The Bertz CT molecular complexity index is 367. The van der Waals surface area contributed by atoms with E-state index in [1.807, 2.05) is 13.0 Å². The Labute approximate surface area is 97.1 Å². The predicted octanol–water partition coefficient (Wildman–Crippen LogP) is 2.92. The second kappa shape index (κ2) is 3.83. The molecule has 0 amide bonds. The lowest BCUT2D eigenvalue weighted by Crippen LogP contribution is -2.32. The Balaban J connectivity index is 2.31. The van der Waals surface area contributed by atoms with Gasteiger partial charge in [0.25, 0.3) is 0 Å². The van der Waals surface area contributed by atoms with Crippen LogP contribution in [0, 0.1) is 17.3 Å². The number of carbonyl (C=O) groups is 2. The highest BCUT2D eigenvalue weighted by Crippen LogP contribution is 2.55. The largest absolute Gasteiger partial charge is 0.300 e. The molecule has 2 aliphatic carbocycles. The third kappa shape index (κ3) is 1.64. The zero-order chi connectivity index (χ0) is 11.9. The zero-order valence-electron chi connectivity index (χ0n) is 10.4. The molecule has 3 atom stereocenters. The second-order valence-electron chi connectivity index (χ2n) is 5.62. The van der Waals surface area contributed by atoms with Crippen LogP contribution in [0.25, 0.3) is 0 Å². The molecule has 2 saturated carbocycles. The minimum Gasteiger partial charge on any atom is -0.300 e. The maximum Gasteiger partial charge on any atom is 0.158 e. The second-order valence-corrected chi connectivity index (χ2v) is 5.62. The van der Waals surface area contributed by atoms with Gasteiger partial charge in [-0.15, -0.1) is 0 Å². The number of hydrogen-bond acceptors (Lipinski definition) is 2. The van der Waals surface area contributed by atoms with E-state index in [4.69, 9.17) is 0 Å². The van der Waals surface area contributed by atoms with Crippen molar-refractivity contribution >= 4 is 11.6 Å². The molecule has 0 aromatic heterocycles. The van der Waals surface area contributed by atoms with Crippen molar-refractivity contribution < 1.29 is 9.59 Å². The van der Waals surface area contributed by atoms with Gasteiger partial charge in [-0.1, -0.05) is 13.0 Å². The Hall–Kier alpha value is -0.920. The summed E-state index contributed by atoms with van der Waals surface area (Å²) in [6.45, 7) is 5.87. The van der Waals surface area contributed by atoms with Gasteiger partial charge in [-0.2, -0.15) is 0 Å². The smallest absolute Gasteiger partial charge is 0.158 e. The number of allylic oxidation sites excluding steroid dienone is 2. The van der Waals surface area contributed by atoms with Crippen LogP contribution >= 0.6 is 0 Å². The average Bonchev–Trinajstić information content (AvgIpc) is 2.57. The maximum absolute atomic E-state index is 11.8. The predicted molar refractivity (Wildman–Crippen MR) is 63.0 cm³/mol. The standard InChI is InChI=1S/C14H20O2/c1-4-11-12-7-10(9(2)15)8-14(12,3)6-5-13(11)16/h4,10,12H,5-8H2,1-3H3/b11-4+. The Morgan fingerprint density at radius 3 is 2.75 bits per heavy atom. The number of fused-ring (bicyclic) bond motifs is 1. The molecule has 3 unspecified atom stereocenters. The van der Waals surface area contributed by atoms with E-state index in [-0.39, 0.29) is 11.3 Å². The van der Waals surface area contributed by atoms with Crippen LogP contribution in [-0.2, 0) is 9.59 Å². The van der Waals surface area contributed by atoms with Crippen LogP contribution in [0.5, 0.6) is 0 Å². The highest BCUT2D eigenvalue weighted by Gasteiger charge is 2.50. The molecule has 0 N–H and O–H groups in total.